The van der Waals surface area contributed by atoms with E-state index in [4.69, 9.17) is 10.1 Å². The van der Waals surface area contributed by atoms with Gasteiger partial charge in [0.05, 0.1) is 18.0 Å². The van der Waals surface area contributed by atoms with Crippen LogP contribution in [0.4, 0.5) is 0 Å². The quantitative estimate of drug-likeness (QED) is 0.492. The molecule has 2 fully saturated rings. The Morgan fingerprint density at radius 1 is 1.23 bits per heavy atom. The second kappa shape index (κ2) is 3.29. The van der Waals surface area contributed by atoms with Crippen molar-refractivity contribution in [3.05, 3.63) is 0 Å². The van der Waals surface area contributed by atoms with E-state index in [0.29, 0.717) is 5.92 Å². The third-order valence-electron chi connectivity index (χ3n) is 2.72. The first-order chi connectivity index (χ1) is 6.16. The molecular weight excluding hydrogens is 164 g/mol. The Morgan fingerprint density at radius 3 is 2.23 bits per heavy atom. The van der Waals surface area contributed by atoms with Crippen molar-refractivity contribution in [2.75, 3.05) is 13.1 Å². The normalized spacial score (nSPS) is 34.8. The second-order valence-electron chi connectivity index (χ2n) is 4.32. The molecule has 3 heteroatoms. The van der Waals surface area contributed by atoms with Gasteiger partial charge < -0.3 is 9.64 Å². The highest BCUT2D eigenvalue weighted by atomic mass is 16.5. The SMILES string of the molecule is C[C@@H]1CN(C(=N)C2CC2)C[C@H](C)O1. The first kappa shape index (κ1) is 9.00. The fourth-order valence-corrected chi connectivity index (χ4v) is 1.99. The van der Waals surface area contributed by atoms with Crippen LogP contribution in [0, 0.1) is 11.3 Å². The minimum atomic E-state index is 0.280. The molecule has 0 unspecified atom stereocenters. The van der Waals surface area contributed by atoms with Crippen LogP contribution < -0.4 is 0 Å². The molecule has 1 saturated heterocycles. The maximum Gasteiger partial charge on any atom is 0.0991 e. The number of hydrogen-bond acceptors (Lipinski definition) is 2. The van der Waals surface area contributed by atoms with Crippen molar-refractivity contribution >= 4 is 5.84 Å². The predicted molar refractivity (Wildman–Crippen MR) is 52.0 cm³/mol. The largest absolute Gasteiger partial charge is 0.372 e. The van der Waals surface area contributed by atoms with E-state index in [1.807, 2.05) is 0 Å². The van der Waals surface area contributed by atoms with Gasteiger partial charge in [-0.25, -0.2) is 0 Å². The number of nitrogens with one attached hydrogen (secondary N) is 1. The average Bonchev–Trinajstić information content (AvgIpc) is 2.83. The van der Waals surface area contributed by atoms with E-state index in [0.717, 1.165) is 18.9 Å². The molecule has 2 atom stereocenters. The molecule has 0 bridgehead atoms. The summed E-state index contributed by atoms with van der Waals surface area (Å²) in [5.41, 5.74) is 0. The summed E-state index contributed by atoms with van der Waals surface area (Å²) in [6.07, 6.45) is 3.00. The summed E-state index contributed by atoms with van der Waals surface area (Å²) < 4.78 is 5.63. The summed E-state index contributed by atoms with van der Waals surface area (Å²) in [7, 11) is 0. The van der Waals surface area contributed by atoms with E-state index in [2.05, 4.69) is 18.7 Å². The number of nitrogens with zero attached hydrogens (tertiary/aromatic N) is 1. The number of rotatable bonds is 1. The zero-order chi connectivity index (χ0) is 9.42. The van der Waals surface area contributed by atoms with Crippen LogP contribution in [0.1, 0.15) is 26.7 Å². The highest BCUT2D eigenvalue weighted by molar-refractivity contribution is 5.83. The molecule has 0 spiro atoms. The molecule has 0 amide bonds. The smallest absolute Gasteiger partial charge is 0.0991 e. The number of ether oxygens (including phenoxy) is 1. The monoisotopic (exact) mass is 182 g/mol. The Balaban J connectivity index is 1.93. The lowest BCUT2D eigenvalue weighted by Gasteiger charge is -2.37. The summed E-state index contributed by atoms with van der Waals surface area (Å²) >= 11 is 0. The summed E-state index contributed by atoms with van der Waals surface area (Å²) in [6, 6.07) is 0. The fourth-order valence-electron chi connectivity index (χ4n) is 1.99. The molecular formula is C10H18N2O. The zero-order valence-electron chi connectivity index (χ0n) is 8.42. The molecule has 0 aromatic carbocycles. The van der Waals surface area contributed by atoms with Gasteiger partial charge in [-0.1, -0.05) is 0 Å². The van der Waals surface area contributed by atoms with Gasteiger partial charge in [0.15, 0.2) is 0 Å². The van der Waals surface area contributed by atoms with Crippen molar-refractivity contribution in [2.45, 2.75) is 38.9 Å². The predicted octanol–water partition coefficient (Wildman–Crippen LogP) is 1.48. The molecule has 1 heterocycles. The first-order valence-corrected chi connectivity index (χ1v) is 5.15. The molecule has 2 aliphatic rings. The first-order valence-electron chi connectivity index (χ1n) is 5.15. The maximum atomic E-state index is 7.95. The van der Waals surface area contributed by atoms with Gasteiger partial charge in [0, 0.05) is 19.0 Å². The van der Waals surface area contributed by atoms with Crippen LogP contribution >= 0.6 is 0 Å². The van der Waals surface area contributed by atoms with Gasteiger partial charge in [0.2, 0.25) is 0 Å². The summed E-state index contributed by atoms with van der Waals surface area (Å²) in [6.45, 7) is 5.98. The molecule has 13 heavy (non-hydrogen) atoms. The second-order valence-corrected chi connectivity index (χ2v) is 4.32. The molecule has 0 radical (unpaired) electrons. The lowest BCUT2D eigenvalue weighted by Crippen LogP contribution is -2.48. The fraction of sp³-hybridized carbons (Fsp3) is 0.900. The van der Waals surface area contributed by atoms with Crippen LogP contribution in [0.5, 0.6) is 0 Å². The minimum Gasteiger partial charge on any atom is -0.372 e. The minimum absolute atomic E-state index is 0.280. The Hall–Kier alpha value is -0.570. The van der Waals surface area contributed by atoms with E-state index in [1.54, 1.807) is 0 Å². The van der Waals surface area contributed by atoms with Gasteiger partial charge in [-0.05, 0) is 26.7 Å². The molecule has 1 saturated carbocycles. The average molecular weight is 182 g/mol. The van der Waals surface area contributed by atoms with Gasteiger partial charge in [0.25, 0.3) is 0 Å². The van der Waals surface area contributed by atoms with Crippen LogP contribution in [-0.4, -0.2) is 36.0 Å². The number of hydrogen-bond donors (Lipinski definition) is 1. The van der Waals surface area contributed by atoms with Crippen molar-refractivity contribution in [2.24, 2.45) is 5.92 Å². The lowest BCUT2D eigenvalue weighted by atomic mass is 10.2. The van der Waals surface area contributed by atoms with Crippen molar-refractivity contribution < 1.29 is 4.74 Å². The van der Waals surface area contributed by atoms with Crippen LogP contribution in [0.15, 0.2) is 0 Å². The number of amidine groups is 1. The van der Waals surface area contributed by atoms with Gasteiger partial charge in [-0.2, -0.15) is 0 Å². The summed E-state index contributed by atoms with van der Waals surface area (Å²) in [5.74, 6) is 1.42. The van der Waals surface area contributed by atoms with E-state index in [-0.39, 0.29) is 12.2 Å². The lowest BCUT2D eigenvalue weighted by molar-refractivity contribution is -0.0489. The molecule has 1 N–H and O–H groups in total. The summed E-state index contributed by atoms with van der Waals surface area (Å²) in [4.78, 5) is 2.19. The Kier molecular flexibility index (Phi) is 2.28. The number of morpholine rings is 1. The Bertz CT molecular complexity index is 203. The van der Waals surface area contributed by atoms with Crippen molar-refractivity contribution in [1.29, 1.82) is 5.41 Å². The molecule has 1 aliphatic heterocycles. The Morgan fingerprint density at radius 2 is 1.77 bits per heavy atom. The van der Waals surface area contributed by atoms with Gasteiger partial charge in [0.1, 0.15) is 0 Å². The van der Waals surface area contributed by atoms with Crippen molar-refractivity contribution in [3.8, 4) is 0 Å². The molecule has 0 aromatic rings. The topological polar surface area (TPSA) is 36.3 Å². The van der Waals surface area contributed by atoms with E-state index in [9.17, 15) is 0 Å². The summed E-state index contributed by atoms with van der Waals surface area (Å²) in [5, 5.41) is 7.95. The molecule has 3 nitrogen and oxygen atoms in total. The van der Waals surface area contributed by atoms with Crippen LogP contribution in [0.2, 0.25) is 0 Å². The highest BCUT2D eigenvalue weighted by Crippen LogP contribution is 2.32. The van der Waals surface area contributed by atoms with Gasteiger partial charge in [-0.15, -0.1) is 0 Å². The van der Waals surface area contributed by atoms with E-state index >= 15 is 0 Å². The third-order valence-corrected chi connectivity index (χ3v) is 2.72. The third kappa shape index (κ3) is 2.02. The van der Waals surface area contributed by atoms with Crippen LogP contribution in [0.3, 0.4) is 0 Å². The van der Waals surface area contributed by atoms with E-state index in [1.165, 1.54) is 12.8 Å². The van der Waals surface area contributed by atoms with Crippen molar-refractivity contribution in [3.63, 3.8) is 0 Å². The maximum absolute atomic E-state index is 7.95. The standard InChI is InChI=1S/C10H18N2O/c1-7-5-12(6-8(2)13-7)10(11)9-3-4-9/h7-9,11H,3-6H2,1-2H3/t7-,8+. The van der Waals surface area contributed by atoms with Gasteiger partial charge >= 0.3 is 0 Å². The molecule has 2 rings (SSSR count). The molecule has 1 aliphatic carbocycles. The molecule has 0 aromatic heterocycles. The van der Waals surface area contributed by atoms with Crippen molar-refractivity contribution in [1.82, 2.24) is 4.90 Å². The molecule has 74 valence electrons. The van der Waals surface area contributed by atoms with Gasteiger partial charge in [-0.3, -0.25) is 5.41 Å². The Labute approximate surface area is 79.6 Å². The zero-order valence-corrected chi connectivity index (χ0v) is 8.42. The van der Waals surface area contributed by atoms with Crippen LogP contribution in [-0.2, 0) is 4.74 Å². The van der Waals surface area contributed by atoms with Crippen LogP contribution in [0.25, 0.3) is 0 Å². The highest BCUT2D eigenvalue weighted by Gasteiger charge is 2.33. The van der Waals surface area contributed by atoms with E-state index < -0.39 is 0 Å².